The van der Waals surface area contributed by atoms with Gasteiger partial charge in [0, 0.05) is 23.3 Å². The van der Waals surface area contributed by atoms with Crippen molar-refractivity contribution in [3.8, 4) is 0 Å². The zero-order chi connectivity index (χ0) is 8.84. The van der Waals surface area contributed by atoms with E-state index in [0.717, 1.165) is 17.0 Å². The van der Waals surface area contributed by atoms with Gasteiger partial charge >= 0.3 is 0 Å². The Balaban J connectivity index is 1.92. The third-order valence-electron chi connectivity index (χ3n) is 3.25. The molecule has 0 N–H and O–H groups in total. The first-order chi connectivity index (χ1) is 6.33. The number of halogens is 1. The van der Waals surface area contributed by atoms with Crippen LogP contribution in [0, 0.1) is 5.92 Å². The molecule has 1 aliphatic carbocycles. The van der Waals surface area contributed by atoms with Gasteiger partial charge in [-0.2, -0.15) is 0 Å². The maximum Gasteiger partial charge on any atom is 0.0426 e. The Morgan fingerprint density at radius 3 is 2.77 bits per heavy atom. The highest BCUT2D eigenvalue weighted by Gasteiger charge is 2.42. The SMILES string of the molecule is Clc1cccc(N2CC3CC2C3)c1. The molecule has 2 heteroatoms. The summed E-state index contributed by atoms with van der Waals surface area (Å²) in [7, 11) is 0. The van der Waals surface area contributed by atoms with Gasteiger partial charge in [-0.25, -0.2) is 0 Å². The Morgan fingerprint density at radius 1 is 1.31 bits per heavy atom. The lowest BCUT2D eigenvalue weighted by molar-refractivity contribution is 0.381. The second-order valence-corrected chi connectivity index (χ2v) is 4.56. The average molecular weight is 194 g/mol. The van der Waals surface area contributed by atoms with E-state index in [2.05, 4.69) is 17.0 Å². The molecule has 3 aliphatic rings. The molecule has 3 fully saturated rings. The van der Waals surface area contributed by atoms with Crippen LogP contribution in [0.15, 0.2) is 24.3 Å². The number of hydrogen-bond acceptors (Lipinski definition) is 1. The van der Waals surface area contributed by atoms with E-state index in [1.807, 2.05) is 12.1 Å². The standard InChI is InChI=1S/C11H12ClN/c12-9-2-1-3-10(6-9)13-7-8-4-11(13)5-8/h1-3,6,8,11H,4-5,7H2. The van der Waals surface area contributed by atoms with Crippen molar-refractivity contribution in [1.29, 1.82) is 0 Å². The van der Waals surface area contributed by atoms with Crippen molar-refractivity contribution >= 4 is 17.3 Å². The maximum atomic E-state index is 5.96. The van der Waals surface area contributed by atoms with Crippen LogP contribution in [-0.2, 0) is 0 Å². The summed E-state index contributed by atoms with van der Waals surface area (Å²) < 4.78 is 0. The predicted molar refractivity (Wildman–Crippen MR) is 55.3 cm³/mol. The van der Waals surface area contributed by atoms with E-state index in [-0.39, 0.29) is 0 Å². The number of anilines is 1. The Labute approximate surface area is 83.3 Å². The molecule has 0 spiro atoms. The number of fused-ring (bicyclic) bond motifs is 1. The lowest BCUT2D eigenvalue weighted by Crippen LogP contribution is -2.28. The van der Waals surface area contributed by atoms with Crippen molar-refractivity contribution in [2.24, 2.45) is 5.92 Å². The summed E-state index contributed by atoms with van der Waals surface area (Å²) >= 11 is 5.96. The molecule has 2 aliphatic heterocycles. The predicted octanol–water partition coefficient (Wildman–Crippen LogP) is 2.94. The normalized spacial score (nSPS) is 30.4. The van der Waals surface area contributed by atoms with Crippen LogP contribution in [0.25, 0.3) is 0 Å². The van der Waals surface area contributed by atoms with Crippen molar-refractivity contribution in [2.75, 3.05) is 11.4 Å². The van der Waals surface area contributed by atoms with Gasteiger partial charge in [-0.1, -0.05) is 17.7 Å². The Morgan fingerprint density at radius 2 is 2.15 bits per heavy atom. The van der Waals surface area contributed by atoms with Gasteiger partial charge in [0.2, 0.25) is 0 Å². The second-order valence-electron chi connectivity index (χ2n) is 4.12. The summed E-state index contributed by atoms with van der Waals surface area (Å²) in [5.41, 5.74) is 1.30. The molecule has 68 valence electrons. The molecule has 13 heavy (non-hydrogen) atoms. The summed E-state index contributed by atoms with van der Waals surface area (Å²) in [4.78, 5) is 2.50. The Bertz CT molecular complexity index is 331. The van der Waals surface area contributed by atoms with Crippen LogP contribution < -0.4 is 4.90 Å². The van der Waals surface area contributed by atoms with Crippen LogP contribution in [0.5, 0.6) is 0 Å². The van der Waals surface area contributed by atoms with E-state index < -0.39 is 0 Å². The largest absolute Gasteiger partial charge is 0.368 e. The van der Waals surface area contributed by atoms with E-state index in [4.69, 9.17) is 11.6 Å². The molecule has 2 heterocycles. The van der Waals surface area contributed by atoms with E-state index in [9.17, 15) is 0 Å². The van der Waals surface area contributed by atoms with Crippen molar-refractivity contribution in [2.45, 2.75) is 18.9 Å². The first-order valence-electron chi connectivity index (χ1n) is 4.85. The van der Waals surface area contributed by atoms with Gasteiger partial charge in [0.1, 0.15) is 0 Å². The van der Waals surface area contributed by atoms with Crippen LogP contribution in [0.4, 0.5) is 5.69 Å². The fourth-order valence-electron chi connectivity index (χ4n) is 2.50. The minimum Gasteiger partial charge on any atom is -0.368 e. The molecule has 1 aromatic carbocycles. The molecule has 0 atom stereocenters. The van der Waals surface area contributed by atoms with Gasteiger partial charge in [-0.3, -0.25) is 0 Å². The maximum absolute atomic E-state index is 5.96. The fourth-order valence-corrected chi connectivity index (χ4v) is 2.69. The number of benzene rings is 1. The molecule has 0 radical (unpaired) electrons. The van der Waals surface area contributed by atoms with Gasteiger partial charge in [0.25, 0.3) is 0 Å². The molecule has 1 nitrogen and oxygen atoms in total. The fraction of sp³-hybridized carbons (Fsp3) is 0.455. The van der Waals surface area contributed by atoms with Crippen LogP contribution in [0.2, 0.25) is 5.02 Å². The molecule has 1 saturated carbocycles. The summed E-state index contributed by atoms with van der Waals surface area (Å²) in [5, 5.41) is 0.849. The number of hydrogen-bond donors (Lipinski definition) is 0. The minimum atomic E-state index is 0.809. The summed E-state index contributed by atoms with van der Waals surface area (Å²) in [6.45, 7) is 1.24. The lowest BCUT2D eigenvalue weighted by Gasteiger charge is -2.27. The summed E-state index contributed by atoms with van der Waals surface area (Å²) in [6.07, 6.45) is 2.79. The van der Waals surface area contributed by atoms with Crippen LogP contribution >= 0.6 is 11.6 Å². The van der Waals surface area contributed by atoms with Crippen LogP contribution in [0.3, 0.4) is 0 Å². The first-order valence-corrected chi connectivity index (χ1v) is 5.23. The zero-order valence-electron chi connectivity index (χ0n) is 7.41. The Hall–Kier alpha value is -0.690. The van der Waals surface area contributed by atoms with E-state index >= 15 is 0 Å². The number of rotatable bonds is 1. The van der Waals surface area contributed by atoms with Crippen molar-refractivity contribution in [1.82, 2.24) is 0 Å². The summed E-state index contributed by atoms with van der Waals surface area (Å²) in [6, 6.07) is 9.01. The second kappa shape index (κ2) is 2.65. The molecular weight excluding hydrogens is 182 g/mol. The molecule has 2 bridgehead atoms. The monoisotopic (exact) mass is 193 g/mol. The lowest BCUT2D eigenvalue weighted by atomic mass is 9.86. The third-order valence-corrected chi connectivity index (χ3v) is 3.48. The van der Waals surface area contributed by atoms with Crippen molar-refractivity contribution in [3.05, 3.63) is 29.3 Å². The zero-order valence-corrected chi connectivity index (χ0v) is 8.17. The van der Waals surface area contributed by atoms with E-state index in [1.54, 1.807) is 0 Å². The highest BCUT2D eigenvalue weighted by molar-refractivity contribution is 6.30. The topological polar surface area (TPSA) is 3.24 Å². The minimum absolute atomic E-state index is 0.809. The molecule has 0 unspecified atom stereocenters. The molecule has 2 saturated heterocycles. The smallest absolute Gasteiger partial charge is 0.0426 e. The average Bonchev–Trinajstić information content (AvgIpc) is 2.59. The molecule has 1 aromatic rings. The third kappa shape index (κ3) is 1.14. The first kappa shape index (κ1) is 7.69. The van der Waals surface area contributed by atoms with Crippen LogP contribution in [-0.4, -0.2) is 12.6 Å². The van der Waals surface area contributed by atoms with E-state index in [0.29, 0.717) is 0 Å². The van der Waals surface area contributed by atoms with Crippen molar-refractivity contribution in [3.63, 3.8) is 0 Å². The van der Waals surface area contributed by atoms with Gasteiger partial charge in [-0.15, -0.1) is 0 Å². The van der Waals surface area contributed by atoms with Crippen LogP contribution in [0.1, 0.15) is 12.8 Å². The highest BCUT2D eigenvalue weighted by Crippen LogP contribution is 2.43. The molecular formula is C11H12ClN. The molecule has 4 rings (SSSR count). The quantitative estimate of drug-likeness (QED) is 0.663. The Kier molecular flexibility index (Phi) is 1.57. The van der Waals surface area contributed by atoms with Gasteiger partial charge in [-0.05, 0) is 37.0 Å². The van der Waals surface area contributed by atoms with Gasteiger partial charge < -0.3 is 4.90 Å². The number of nitrogens with zero attached hydrogens (tertiary/aromatic N) is 1. The van der Waals surface area contributed by atoms with Gasteiger partial charge in [0.05, 0.1) is 0 Å². The summed E-state index contributed by atoms with van der Waals surface area (Å²) in [5.74, 6) is 0.962. The molecule has 0 amide bonds. The van der Waals surface area contributed by atoms with E-state index in [1.165, 1.54) is 25.1 Å². The highest BCUT2D eigenvalue weighted by atomic mass is 35.5. The van der Waals surface area contributed by atoms with Crippen molar-refractivity contribution < 1.29 is 0 Å². The molecule has 0 aromatic heterocycles. The van der Waals surface area contributed by atoms with Gasteiger partial charge in [0.15, 0.2) is 0 Å².